The van der Waals surface area contributed by atoms with Gasteiger partial charge in [0.05, 0.1) is 20.3 Å². The third-order valence-electron chi connectivity index (χ3n) is 3.96. The van der Waals surface area contributed by atoms with Crippen LogP contribution in [-0.2, 0) is 11.3 Å². The smallest absolute Gasteiger partial charge is 0.165 e. The summed E-state index contributed by atoms with van der Waals surface area (Å²) >= 11 is 6.18. The summed E-state index contributed by atoms with van der Waals surface area (Å²) in [5.74, 6) is 1.98. The first-order chi connectivity index (χ1) is 10.3. The molecule has 3 rings (SSSR count). The normalized spacial score (nSPS) is 21.5. The molecule has 2 fully saturated rings. The van der Waals surface area contributed by atoms with E-state index in [1.807, 2.05) is 12.1 Å². The molecule has 0 bridgehead atoms. The average molecular weight is 312 g/mol. The number of rotatable bonds is 7. The van der Waals surface area contributed by atoms with E-state index in [4.69, 9.17) is 25.8 Å². The van der Waals surface area contributed by atoms with Crippen LogP contribution in [0.4, 0.5) is 0 Å². The monoisotopic (exact) mass is 311 g/mol. The molecule has 1 aromatic carbocycles. The zero-order valence-corrected chi connectivity index (χ0v) is 13.1. The lowest BCUT2D eigenvalue weighted by Gasteiger charge is -2.18. The number of ether oxygens (including phenoxy) is 3. The van der Waals surface area contributed by atoms with Crippen molar-refractivity contribution >= 4 is 11.6 Å². The highest BCUT2D eigenvalue weighted by molar-refractivity contribution is 6.30. The van der Waals surface area contributed by atoms with Gasteiger partial charge in [0, 0.05) is 41.8 Å². The molecule has 1 heterocycles. The van der Waals surface area contributed by atoms with Crippen LogP contribution in [0.3, 0.4) is 0 Å². The summed E-state index contributed by atoms with van der Waals surface area (Å²) in [6, 6.07) is 4.41. The molecule has 0 aromatic heterocycles. The first-order valence-corrected chi connectivity index (χ1v) is 7.94. The molecule has 0 spiro atoms. The predicted octanol–water partition coefficient (Wildman–Crippen LogP) is 3.02. The molecule has 2 aliphatic rings. The topological polar surface area (TPSA) is 39.7 Å². The van der Waals surface area contributed by atoms with Gasteiger partial charge in [-0.3, -0.25) is 0 Å². The van der Waals surface area contributed by atoms with Crippen LogP contribution in [0.1, 0.15) is 24.8 Å². The fourth-order valence-electron chi connectivity index (χ4n) is 2.53. The Bertz CT molecular complexity index is 485. The summed E-state index contributed by atoms with van der Waals surface area (Å²) in [6.45, 7) is 3.04. The zero-order valence-electron chi connectivity index (χ0n) is 12.4. The van der Waals surface area contributed by atoms with E-state index in [1.54, 1.807) is 7.11 Å². The van der Waals surface area contributed by atoms with Crippen LogP contribution >= 0.6 is 11.6 Å². The second kappa shape index (κ2) is 6.86. The third-order valence-corrected chi connectivity index (χ3v) is 4.18. The Morgan fingerprint density at radius 2 is 2.19 bits per heavy atom. The van der Waals surface area contributed by atoms with E-state index in [0.29, 0.717) is 29.3 Å². The molecule has 1 saturated heterocycles. The summed E-state index contributed by atoms with van der Waals surface area (Å²) in [5, 5.41) is 4.18. The Morgan fingerprint density at radius 1 is 1.33 bits per heavy atom. The van der Waals surface area contributed by atoms with Crippen LogP contribution in [-0.4, -0.2) is 33.0 Å². The third kappa shape index (κ3) is 4.02. The Balaban J connectivity index is 1.72. The van der Waals surface area contributed by atoms with Gasteiger partial charge in [-0.25, -0.2) is 0 Å². The van der Waals surface area contributed by atoms with Gasteiger partial charge in [0.2, 0.25) is 0 Å². The van der Waals surface area contributed by atoms with Crippen molar-refractivity contribution in [1.29, 1.82) is 0 Å². The van der Waals surface area contributed by atoms with Gasteiger partial charge in [-0.1, -0.05) is 11.6 Å². The fraction of sp³-hybridized carbons (Fsp3) is 0.625. The SMILES string of the molecule is COc1cc(Cl)cc(CNC2CC2)c1OCC1CCOC1. The van der Waals surface area contributed by atoms with Gasteiger partial charge in [0.25, 0.3) is 0 Å². The molecule has 1 aromatic rings. The maximum atomic E-state index is 6.18. The molecular weight excluding hydrogens is 290 g/mol. The largest absolute Gasteiger partial charge is 0.493 e. The minimum Gasteiger partial charge on any atom is -0.493 e. The minimum absolute atomic E-state index is 0.467. The van der Waals surface area contributed by atoms with E-state index in [2.05, 4.69) is 5.32 Å². The molecule has 1 unspecified atom stereocenters. The lowest BCUT2D eigenvalue weighted by molar-refractivity contribution is 0.165. The quantitative estimate of drug-likeness (QED) is 0.840. The number of benzene rings is 1. The predicted molar refractivity (Wildman–Crippen MR) is 82.3 cm³/mol. The van der Waals surface area contributed by atoms with Gasteiger partial charge in [-0.2, -0.15) is 0 Å². The number of methoxy groups -OCH3 is 1. The van der Waals surface area contributed by atoms with Crippen LogP contribution in [0, 0.1) is 5.92 Å². The summed E-state index contributed by atoms with van der Waals surface area (Å²) in [6.07, 6.45) is 3.58. The van der Waals surface area contributed by atoms with Crippen molar-refractivity contribution in [2.75, 3.05) is 26.9 Å². The van der Waals surface area contributed by atoms with Crippen molar-refractivity contribution in [1.82, 2.24) is 5.32 Å². The zero-order chi connectivity index (χ0) is 14.7. The van der Waals surface area contributed by atoms with Gasteiger partial charge >= 0.3 is 0 Å². The summed E-state index contributed by atoms with van der Waals surface area (Å²) in [4.78, 5) is 0. The van der Waals surface area contributed by atoms with Gasteiger partial charge in [0.1, 0.15) is 0 Å². The average Bonchev–Trinajstić information content (AvgIpc) is 3.17. The highest BCUT2D eigenvalue weighted by atomic mass is 35.5. The van der Waals surface area contributed by atoms with Gasteiger partial charge in [-0.15, -0.1) is 0 Å². The van der Waals surface area contributed by atoms with E-state index in [9.17, 15) is 0 Å². The van der Waals surface area contributed by atoms with E-state index in [1.165, 1.54) is 12.8 Å². The molecule has 5 heteroatoms. The molecule has 1 aliphatic heterocycles. The molecule has 116 valence electrons. The lowest BCUT2D eigenvalue weighted by atomic mass is 10.1. The molecule has 0 amide bonds. The number of halogens is 1. The Kier molecular flexibility index (Phi) is 4.88. The van der Waals surface area contributed by atoms with E-state index in [-0.39, 0.29) is 0 Å². The Hall–Kier alpha value is -0.970. The van der Waals surface area contributed by atoms with E-state index < -0.39 is 0 Å². The summed E-state index contributed by atoms with van der Waals surface area (Å²) < 4.78 is 16.9. The molecular formula is C16H22ClNO3. The summed E-state index contributed by atoms with van der Waals surface area (Å²) in [7, 11) is 1.65. The fourth-order valence-corrected chi connectivity index (χ4v) is 2.76. The summed E-state index contributed by atoms with van der Waals surface area (Å²) in [5.41, 5.74) is 1.06. The van der Waals surface area contributed by atoms with Crippen LogP contribution in [0.15, 0.2) is 12.1 Å². The van der Waals surface area contributed by atoms with Gasteiger partial charge < -0.3 is 19.5 Å². The number of hydrogen-bond acceptors (Lipinski definition) is 4. The standard InChI is InChI=1S/C16H22ClNO3/c1-19-15-7-13(17)6-12(8-18-14-2-3-14)16(15)21-10-11-4-5-20-9-11/h6-7,11,14,18H,2-5,8-10H2,1H3. The first-order valence-electron chi connectivity index (χ1n) is 7.56. The van der Waals surface area contributed by atoms with Crippen LogP contribution in [0.5, 0.6) is 11.5 Å². The molecule has 1 aliphatic carbocycles. The number of nitrogens with one attached hydrogen (secondary N) is 1. The van der Waals surface area contributed by atoms with Crippen molar-refractivity contribution in [3.8, 4) is 11.5 Å². The number of hydrogen-bond donors (Lipinski definition) is 1. The second-order valence-electron chi connectivity index (χ2n) is 5.79. The molecule has 4 nitrogen and oxygen atoms in total. The van der Waals surface area contributed by atoms with Crippen molar-refractivity contribution in [3.05, 3.63) is 22.7 Å². The van der Waals surface area contributed by atoms with Gasteiger partial charge in [-0.05, 0) is 25.3 Å². The molecule has 1 N–H and O–H groups in total. The highest BCUT2D eigenvalue weighted by Gasteiger charge is 2.23. The maximum Gasteiger partial charge on any atom is 0.165 e. The highest BCUT2D eigenvalue weighted by Crippen LogP contribution is 2.36. The van der Waals surface area contributed by atoms with E-state index >= 15 is 0 Å². The lowest BCUT2D eigenvalue weighted by Crippen LogP contribution is -2.18. The second-order valence-corrected chi connectivity index (χ2v) is 6.23. The molecule has 21 heavy (non-hydrogen) atoms. The van der Waals surface area contributed by atoms with Crippen LogP contribution in [0.25, 0.3) is 0 Å². The molecule has 1 atom stereocenters. The Labute approximate surface area is 130 Å². The van der Waals surface area contributed by atoms with Crippen molar-refractivity contribution < 1.29 is 14.2 Å². The van der Waals surface area contributed by atoms with Gasteiger partial charge in [0.15, 0.2) is 11.5 Å². The van der Waals surface area contributed by atoms with Crippen molar-refractivity contribution in [2.45, 2.75) is 31.8 Å². The van der Waals surface area contributed by atoms with Crippen LogP contribution in [0.2, 0.25) is 5.02 Å². The Morgan fingerprint density at radius 3 is 2.86 bits per heavy atom. The first kappa shape index (κ1) is 14.9. The van der Waals surface area contributed by atoms with Crippen molar-refractivity contribution in [3.63, 3.8) is 0 Å². The molecule has 0 radical (unpaired) electrons. The van der Waals surface area contributed by atoms with Crippen molar-refractivity contribution in [2.24, 2.45) is 5.92 Å². The molecule has 1 saturated carbocycles. The van der Waals surface area contributed by atoms with E-state index in [0.717, 1.165) is 37.5 Å². The minimum atomic E-state index is 0.467. The van der Waals surface area contributed by atoms with Crippen LogP contribution < -0.4 is 14.8 Å². The maximum absolute atomic E-state index is 6.18.